The molecule has 3 aliphatic rings. The second-order valence-electron chi connectivity index (χ2n) is 13.1. The Kier molecular flexibility index (Phi) is 8.48. The van der Waals surface area contributed by atoms with Crippen molar-refractivity contribution in [3.63, 3.8) is 0 Å². The number of carbonyl (C=O) groups is 2. The van der Waals surface area contributed by atoms with E-state index in [4.69, 9.17) is 9.47 Å². The number of aliphatic carboxylic acids is 1. The molecule has 9 heteroatoms. The number of hydrogen-bond donors (Lipinski definition) is 4. The summed E-state index contributed by atoms with van der Waals surface area (Å²) in [5.41, 5.74) is -0.0606. The minimum absolute atomic E-state index is 0.0213. The van der Waals surface area contributed by atoms with Gasteiger partial charge in [0, 0.05) is 24.2 Å². The number of ether oxygens (including phenoxy) is 2. The molecular weight excluding hydrogens is 498 g/mol. The van der Waals surface area contributed by atoms with Gasteiger partial charge in [-0.25, -0.2) is 0 Å². The predicted molar refractivity (Wildman–Crippen MR) is 145 cm³/mol. The van der Waals surface area contributed by atoms with Crippen LogP contribution in [-0.4, -0.2) is 47.9 Å². The number of nitriles is 1. The summed E-state index contributed by atoms with van der Waals surface area (Å²) >= 11 is 0. The van der Waals surface area contributed by atoms with Crippen LogP contribution in [0.3, 0.4) is 0 Å². The van der Waals surface area contributed by atoms with Gasteiger partial charge in [-0.3, -0.25) is 14.9 Å². The first-order chi connectivity index (χ1) is 18.3. The molecule has 5 atom stereocenters. The lowest BCUT2D eigenvalue weighted by molar-refractivity contribution is -0.150. The summed E-state index contributed by atoms with van der Waals surface area (Å²) in [7, 11) is 1.49. The number of carboxylic acids is 1. The van der Waals surface area contributed by atoms with Crippen LogP contribution in [0.1, 0.15) is 90.0 Å². The summed E-state index contributed by atoms with van der Waals surface area (Å²) in [4.78, 5) is 24.8. The average molecular weight is 542 g/mol. The molecule has 1 amide bonds. The number of aliphatic hydroxyl groups excluding tert-OH is 1. The fourth-order valence-corrected chi connectivity index (χ4v) is 6.54. The second-order valence-corrected chi connectivity index (χ2v) is 13.1. The monoisotopic (exact) mass is 541 g/mol. The van der Waals surface area contributed by atoms with Crippen molar-refractivity contribution in [2.24, 2.45) is 28.6 Å². The van der Waals surface area contributed by atoms with Crippen LogP contribution in [0, 0.1) is 39.9 Å². The van der Waals surface area contributed by atoms with E-state index in [-0.39, 0.29) is 34.9 Å². The molecule has 39 heavy (non-hydrogen) atoms. The molecule has 4 N–H and O–H groups in total. The number of carbonyl (C=O) groups excluding carboxylic acids is 1. The van der Waals surface area contributed by atoms with Crippen LogP contribution in [0.25, 0.3) is 0 Å². The van der Waals surface area contributed by atoms with Crippen molar-refractivity contribution in [3.05, 3.63) is 23.3 Å². The molecule has 0 aromatic heterocycles. The lowest BCUT2D eigenvalue weighted by Gasteiger charge is -2.35. The summed E-state index contributed by atoms with van der Waals surface area (Å²) in [6.07, 6.45) is 3.76. The van der Waals surface area contributed by atoms with Gasteiger partial charge in [-0.15, -0.1) is 0 Å². The van der Waals surface area contributed by atoms with Gasteiger partial charge in [0.2, 0.25) is 5.91 Å². The fraction of sp³-hybridized carbons (Fsp3) is 0.700. The molecule has 4 rings (SSSR count). The normalized spacial score (nSPS) is 30.8. The molecular formula is C30H43N3O6. The van der Waals surface area contributed by atoms with Gasteiger partial charge in [0.1, 0.15) is 23.8 Å². The van der Waals surface area contributed by atoms with E-state index in [0.29, 0.717) is 61.1 Å². The molecule has 1 unspecified atom stereocenters. The molecule has 3 saturated carbocycles. The van der Waals surface area contributed by atoms with E-state index in [2.05, 4.69) is 37.5 Å². The SMILES string of the molecule is COc1cc(C#N)c(OC2CCC(C)(C(=O)O)CC2)cc1C(O)N[C@@H]1[C@H]2CC[C@H](C2)[C@@H]1C(=O)NCC(C)(C)C. The third-order valence-electron chi connectivity index (χ3n) is 8.96. The zero-order valence-corrected chi connectivity index (χ0v) is 23.8. The zero-order chi connectivity index (χ0) is 28.5. The predicted octanol–water partition coefficient (Wildman–Crippen LogP) is 4.14. The first-order valence-corrected chi connectivity index (χ1v) is 14.1. The summed E-state index contributed by atoms with van der Waals surface area (Å²) in [5.74, 6) is 0.314. The summed E-state index contributed by atoms with van der Waals surface area (Å²) in [6.45, 7) is 8.60. The quantitative estimate of drug-likeness (QED) is 0.342. The van der Waals surface area contributed by atoms with Crippen molar-refractivity contribution in [2.75, 3.05) is 13.7 Å². The minimum Gasteiger partial charge on any atom is -0.496 e. The third kappa shape index (κ3) is 6.33. The Labute approximate surface area is 231 Å². The summed E-state index contributed by atoms with van der Waals surface area (Å²) in [5, 5.41) is 37.1. The number of aliphatic hydroxyl groups is 1. The molecule has 0 spiro atoms. The van der Waals surface area contributed by atoms with E-state index in [1.807, 2.05) is 0 Å². The van der Waals surface area contributed by atoms with Crippen LogP contribution in [-0.2, 0) is 9.59 Å². The molecule has 0 radical (unpaired) electrons. The van der Waals surface area contributed by atoms with Gasteiger partial charge in [-0.05, 0) is 75.2 Å². The second kappa shape index (κ2) is 11.3. The fourth-order valence-electron chi connectivity index (χ4n) is 6.54. The lowest BCUT2D eigenvalue weighted by atomic mass is 9.75. The van der Waals surface area contributed by atoms with Crippen molar-refractivity contribution in [2.45, 2.75) is 91.0 Å². The summed E-state index contributed by atoms with van der Waals surface area (Å²) < 4.78 is 11.7. The number of nitrogens with one attached hydrogen (secondary N) is 2. The highest BCUT2D eigenvalue weighted by molar-refractivity contribution is 5.80. The van der Waals surface area contributed by atoms with Gasteiger partial charge in [0.25, 0.3) is 0 Å². The van der Waals surface area contributed by atoms with E-state index < -0.39 is 17.6 Å². The van der Waals surface area contributed by atoms with Gasteiger partial charge < -0.3 is 25.0 Å². The number of amides is 1. The molecule has 3 fully saturated rings. The number of rotatable bonds is 9. The number of carboxylic acid groups (broad SMARTS) is 1. The molecule has 3 aliphatic carbocycles. The van der Waals surface area contributed by atoms with Crippen molar-refractivity contribution in [1.82, 2.24) is 10.6 Å². The highest BCUT2D eigenvalue weighted by Crippen LogP contribution is 2.49. The van der Waals surface area contributed by atoms with Crippen LogP contribution in [0.5, 0.6) is 11.5 Å². The lowest BCUT2D eigenvalue weighted by Crippen LogP contribution is -2.50. The summed E-state index contributed by atoms with van der Waals surface area (Å²) in [6, 6.07) is 5.18. The Hall–Kier alpha value is -2.83. The molecule has 0 aliphatic heterocycles. The van der Waals surface area contributed by atoms with Crippen LogP contribution >= 0.6 is 0 Å². The molecule has 2 bridgehead atoms. The Morgan fingerprint density at radius 3 is 2.41 bits per heavy atom. The number of nitrogens with zero attached hydrogens (tertiary/aromatic N) is 1. The van der Waals surface area contributed by atoms with Crippen molar-refractivity contribution >= 4 is 11.9 Å². The molecule has 214 valence electrons. The molecule has 9 nitrogen and oxygen atoms in total. The van der Waals surface area contributed by atoms with Gasteiger partial charge in [-0.2, -0.15) is 5.26 Å². The highest BCUT2D eigenvalue weighted by Gasteiger charge is 2.51. The highest BCUT2D eigenvalue weighted by atomic mass is 16.5. The minimum atomic E-state index is -1.13. The van der Waals surface area contributed by atoms with Gasteiger partial charge >= 0.3 is 5.97 Å². The third-order valence-corrected chi connectivity index (χ3v) is 8.96. The Morgan fingerprint density at radius 1 is 1.15 bits per heavy atom. The Bertz CT molecular complexity index is 1110. The smallest absolute Gasteiger partial charge is 0.309 e. The number of benzene rings is 1. The van der Waals surface area contributed by atoms with Crippen LogP contribution < -0.4 is 20.1 Å². The number of methoxy groups -OCH3 is 1. The zero-order valence-electron chi connectivity index (χ0n) is 23.8. The first kappa shape index (κ1) is 29.2. The maximum absolute atomic E-state index is 13.2. The maximum Gasteiger partial charge on any atom is 0.309 e. The Morgan fingerprint density at radius 2 is 1.82 bits per heavy atom. The van der Waals surface area contributed by atoms with Crippen molar-refractivity contribution in [3.8, 4) is 17.6 Å². The van der Waals surface area contributed by atoms with Crippen molar-refractivity contribution < 1.29 is 29.3 Å². The van der Waals surface area contributed by atoms with E-state index >= 15 is 0 Å². The van der Waals surface area contributed by atoms with Crippen molar-refractivity contribution in [1.29, 1.82) is 5.26 Å². The molecule has 1 aromatic carbocycles. The van der Waals surface area contributed by atoms with Crippen LogP contribution in [0.4, 0.5) is 0 Å². The van der Waals surface area contributed by atoms with E-state index in [9.17, 15) is 25.1 Å². The van der Waals surface area contributed by atoms with Gasteiger partial charge in [0.15, 0.2) is 0 Å². The van der Waals surface area contributed by atoms with E-state index in [1.54, 1.807) is 19.1 Å². The van der Waals surface area contributed by atoms with E-state index in [0.717, 1.165) is 19.3 Å². The first-order valence-electron chi connectivity index (χ1n) is 14.1. The van der Waals surface area contributed by atoms with E-state index in [1.165, 1.54) is 7.11 Å². The standard InChI is InChI=1S/C30H43N3O6/c1-29(2,3)16-32-27(35)24-17-6-7-18(12-17)25(24)33-26(34)21-14-22(19(15-31)13-23(21)38-5)39-20-8-10-30(4,11-9-20)28(36)37/h13-14,17-18,20,24-26,33-34H,6-12,16H2,1-5H3,(H,32,35)(H,36,37)/t17-,18+,20?,24+,25-,26?,30?/m1/s1. The van der Waals surface area contributed by atoms with Gasteiger partial charge in [-0.1, -0.05) is 20.8 Å². The van der Waals surface area contributed by atoms with Crippen LogP contribution in [0.2, 0.25) is 0 Å². The van der Waals surface area contributed by atoms with Crippen LogP contribution in [0.15, 0.2) is 12.1 Å². The molecule has 0 heterocycles. The molecule has 0 saturated heterocycles. The number of hydrogen-bond acceptors (Lipinski definition) is 7. The maximum atomic E-state index is 13.2. The topological polar surface area (TPSA) is 141 Å². The van der Waals surface area contributed by atoms with Gasteiger partial charge in [0.05, 0.1) is 30.1 Å². The largest absolute Gasteiger partial charge is 0.496 e. The molecule has 1 aromatic rings. The number of fused-ring (bicyclic) bond motifs is 2. The Balaban J connectivity index is 1.51. The average Bonchev–Trinajstić information content (AvgIpc) is 3.50.